The number of aryl methyl sites for hydroxylation is 2. The van der Waals surface area contributed by atoms with Crippen molar-refractivity contribution in [2.24, 2.45) is 0 Å². The summed E-state index contributed by atoms with van der Waals surface area (Å²) in [6.45, 7) is 6.50. The van der Waals surface area contributed by atoms with Crippen molar-refractivity contribution in [3.63, 3.8) is 0 Å². The highest BCUT2D eigenvalue weighted by molar-refractivity contribution is 5.76. The lowest BCUT2D eigenvalue weighted by Crippen LogP contribution is -2.27. The van der Waals surface area contributed by atoms with Gasteiger partial charge in [-0.3, -0.25) is 4.79 Å². The first kappa shape index (κ1) is 13.5. The topological polar surface area (TPSA) is 20.3 Å². The quantitative estimate of drug-likeness (QED) is 0.689. The summed E-state index contributed by atoms with van der Waals surface area (Å²) >= 11 is 0. The lowest BCUT2D eigenvalue weighted by molar-refractivity contribution is -0.129. The Morgan fingerprint density at radius 3 is 2.76 bits per heavy atom. The van der Waals surface area contributed by atoms with Gasteiger partial charge in [0, 0.05) is 20.0 Å². The Morgan fingerprint density at radius 2 is 2.12 bits per heavy atom. The van der Waals surface area contributed by atoms with E-state index in [0.29, 0.717) is 6.42 Å². The molecule has 0 aliphatic heterocycles. The van der Waals surface area contributed by atoms with Gasteiger partial charge in [-0.1, -0.05) is 30.3 Å². The van der Waals surface area contributed by atoms with Crippen LogP contribution in [0.15, 0.2) is 36.9 Å². The van der Waals surface area contributed by atoms with Crippen LogP contribution >= 0.6 is 0 Å². The zero-order valence-corrected chi connectivity index (χ0v) is 10.8. The lowest BCUT2D eigenvalue weighted by atomic mass is 10.0. The Balaban J connectivity index is 2.43. The molecule has 2 heteroatoms. The smallest absolute Gasteiger partial charge is 0.222 e. The number of rotatable bonds is 6. The summed E-state index contributed by atoms with van der Waals surface area (Å²) in [6.07, 6.45) is 4.10. The van der Waals surface area contributed by atoms with E-state index in [1.165, 1.54) is 11.1 Å². The third-order valence-corrected chi connectivity index (χ3v) is 2.96. The van der Waals surface area contributed by atoms with Crippen LogP contribution in [0.4, 0.5) is 0 Å². The number of hydrogen-bond acceptors (Lipinski definition) is 1. The molecule has 0 aliphatic carbocycles. The van der Waals surface area contributed by atoms with Gasteiger partial charge in [-0.15, -0.1) is 6.58 Å². The fourth-order valence-electron chi connectivity index (χ4n) is 1.73. The van der Waals surface area contributed by atoms with E-state index in [2.05, 4.69) is 25.6 Å². The van der Waals surface area contributed by atoms with Crippen LogP contribution in [0.3, 0.4) is 0 Å². The van der Waals surface area contributed by atoms with Crippen molar-refractivity contribution < 1.29 is 4.79 Å². The molecule has 0 aromatic heterocycles. The second-order valence-electron chi connectivity index (χ2n) is 4.32. The Morgan fingerprint density at radius 1 is 1.41 bits per heavy atom. The minimum atomic E-state index is 0.204. The summed E-state index contributed by atoms with van der Waals surface area (Å²) in [5.74, 6) is 0.204. The van der Waals surface area contributed by atoms with Crippen molar-refractivity contribution in [1.82, 2.24) is 4.90 Å². The number of hydrogen-bond donors (Lipinski definition) is 0. The van der Waals surface area contributed by atoms with Gasteiger partial charge in [-0.05, 0) is 30.9 Å². The van der Waals surface area contributed by atoms with Crippen molar-refractivity contribution >= 4 is 5.91 Å². The fourth-order valence-corrected chi connectivity index (χ4v) is 1.73. The second kappa shape index (κ2) is 6.89. The molecule has 2 nitrogen and oxygen atoms in total. The molecule has 1 aromatic carbocycles. The largest absolute Gasteiger partial charge is 0.345 e. The van der Waals surface area contributed by atoms with Crippen LogP contribution in [0.5, 0.6) is 0 Å². The summed E-state index contributed by atoms with van der Waals surface area (Å²) in [6, 6.07) is 8.22. The van der Waals surface area contributed by atoms with E-state index < -0.39 is 0 Å². The molecule has 0 radical (unpaired) electrons. The van der Waals surface area contributed by atoms with Crippen LogP contribution in [0, 0.1) is 6.92 Å². The highest BCUT2D eigenvalue weighted by atomic mass is 16.2. The molecule has 0 spiro atoms. The van der Waals surface area contributed by atoms with E-state index in [9.17, 15) is 4.79 Å². The average molecular weight is 231 g/mol. The van der Waals surface area contributed by atoms with Crippen molar-refractivity contribution in [3.05, 3.63) is 48.0 Å². The first-order valence-electron chi connectivity index (χ1n) is 6.04. The minimum Gasteiger partial charge on any atom is -0.345 e. The molecule has 1 aromatic rings. The van der Waals surface area contributed by atoms with E-state index in [4.69, 9.17) is 0 Å². The van der Waals surface area contributed by atoms with Gasteiger partial charge in [0.05, 0.1) is 0 Å². The summed E-state index contributed by atoms with van der Waals surface area (Å²) in [5, 5.41) is 0. The zero-order chi connectivity index (χ0) is 12.7. The van der Waals surface area contributed by atoms with Gasteiger partial charge in [0.1, 0.15) is 0 Å². The van der Waals surface area contributed by atoms with Gasteiger partial charge >= 0.3 is 0 Å². The molecule has 17 heavy (non-hydrogen) atoms. The van der Waals surface area contributed by atoms with Gasteiger partial charge in [-0.25, -0.2) is 0 Å². The molecule has 0 saturated heterocycles. The number of amides is 1. The van der Waals surface area contributed by atoms with E-state index in [1.54, 1.807) is 4.90 Å². The molecule has 0 aliphatic rings. The molecule has 0 atom stereocenters. The Hall–Kier alpha value is -1.57. The van der Waals surface area contributed by atoms with Crippen molar-refractivity contribution in [2.45, 2.75) is 26.2 Å². The maximum Gasteiger partial charge on any atom is 0.222 e. The molecule has 0 saturated carbocycles. The van der Waals surface area contributed by atoms with Crippen LogP contribution in [-0.2, 0) is 11.2 Å². The maximum absolute atomic E-state index is 11.8. The van der Waals surface area contributed by atoms with E-state index in [0.717, 1.165) is 19.4 Å². The number of carbonyl (C=O) groups is 1. The molecule has 1 amide bonds. The average Bonchev–Trinajstić information content (AvgIpc) is 2.34. The summed E-state index contributed by atoms with van der Waals surface area (Å²) in [4.78, 5) is 13.6. The molecule has 0 heterocycles. The van der Waals surface area contributed by atoms with Crippen LogP contribution in [-0.4, -0.2) is 24.4 Å². The van der Waals surface area contributed by atoms with Gasteiger partial charge in [0.2, 0.25) is 5.91 Å². The summed E-state index contributed by atoms with van der Waals surface area (Å²) < 4.78 is 0. The zero-order valence-electron chi connectivity index (χ0n) is 10.8. The Bertz CT molecular complexity index is 384. The van der Waals surface area contributed by atoms with Gasteiger partial charge in [-0.2, -0.15) is 0 Å². The molecule has 0 N–H and O–H groups in total. The monoisotopic (exact) mass is 231 g/mol. The Kier molecular flexibility index (Phi) is 5.47. The normalized spacial score (nSPS) is 10.0. The molecule has 0 fully saturated rings. The third-order valence-electron chi connectivity index (χ3n) is 2.96. The van der Waals surface area contributed by atoms with E-state index in [-0.39, 0.29) is 5.91 Å². The molecule has 92 valence electrons. The van der Waals surface area contributed by atoms with Gasteiger partial charge < -0.3 is 4.90 Å². The lowest BCUT2D eigenvalue weighted by Gasteiger charge is -2.16. The van der Waals surface area contributed by atoms with Crippen molar-refractivity contribution in [2.75, 3.05) is 13.6 Å². The molecule has 0 unspecified atom stereocenters. The predicted octanol–water partition coefficient (Wildman–Crippen LogP) is 2.96. The number of carbonyl (C=O) groups excluding carboxylic acids is 1. The van der Waals surface area contributed by atoms with Gasteiger partial charge in [0.25, 0.3) is 0 Å². The van der Waals surface area contributed by atoms with Crippen LogP contribution in [0.25, 0.3) is 0 Å². The molecule has 1 rings (SSSR count). The second-order valence-corrected chi connectivity index (χ2v) is 4.32. The Labute approximate surface area is 104 Å². The molecular weight excluding hydrogens is 210 g/mol. The van der Waals surface area contributed by atoms with Crippen molar-refractivity contribution in [3.8, 4) is 0 Å². The molecule has 0 bridgehead atoms. The molecular formula is C15H21NO. The number of nitrogens with zero attached hydrogens (tertiary/aromatic N) is 1. The number of benzene rings is 1. The maximum atomic E-state index is 11.8. The summed E-state index contributed by atoms with van der Waals surface area (Å²) in [5.41, 5.74) is 2.52. The highest BCUT2D eigenvalue weighted by Gasteiger charge is 2.08. The fraction of sp³-hybridized carbons (Fsp3) is 0.400. The van der Waals surface area contributed by atoms with E-state index in [1.807, 2.05) is 25.3 Å². The first-order valence-corrected chi connectivity index (χ1v) is 6.04. The van der Waals surface area contributed by atoms with E-state index >= 15 is 0 Å². The SMILES string of the molecule is C=CCCN(C)C(=O)CCc1ccccc1C. The van der Waals surface area contributed by atoms with Crippen LogP contribution < -0.4 is 0 Å². The van der Waals surface area contributed by atoms with Gasteiger partial charge in [0.15, 0.2) is 0 Å². The predicted molar refractivity (Wildman–Crippen MR) is 72.0 cm³/mol. The highest BCUT2D eigenvalue weighted by Crippen LogP contribution is 2.10. The van der Waals surface area contributed by atoms with Crippen LogP contribution in [0.1, 0.15) is 24.0 Å². The van der Waals surface area contributed by atoms with Crippen LogP contribution in [0.2, 0.25) is 0 Å². The first-order chi connectivity index (χ1) is 8.15. The standard InChI is InChI=1S/C15H21NO/c1-4-5-12-16(3)15(17)11-10-14-9-7-6-8-13(14)2/h4,6-9H,1,5,10-12H2,2-3H3. The minimum absolute atomic E-state index is 0.204. The summed E-state index contributed by atoms with van der Waals surface area (Å²) in [7, 11) is 1.85. The van der Waals surface area contributed by atoms with Crippen molar-refractivity contribution in [1.29, 1.82) is 0 Å². The third kappa shape index (κ3) is 4.43.